The van der Waals surface area contributed by atoms with Crippen molar-refractivity contribution < 1.29 is 4.79 Å². The lowest BCUT2D eigenvalue weighted by atomic mass is 10.0. The Labute approximate surface area is 184 Å². The van der Waals surface area contributed by atoms with Gasteiger partial charge in [0.05, 0.1) is 0 Å². The van der Waals surface area contributed by atoms with Crippen LogP contribution in [0.2, 0.25) is 0 Å². The number of likely N-dealkylation sites (tertiary alicyclic amines) is 1. The summed E-state index contributed by atoms with van der Waals surface area (Å²) in [6, 6.07) is 14.9. The second kappa shape index (κ2) is 11.1. The van der Waals surface area contributed by atoms with Gasteiger partial charge in [0.15, 0.2) is 5.96 Å². The number of rotatable bonds is 5. The Bertz CT molecular complexity index is 797. The van der Waals surface area contributed by atoms with Crippen molar-refractivity contribution in [3.63, 3.8) is 0 Å². The summed E-state index contributed by atoms with van der Waals surface area (Å²) >= 11 is 0. The van der Waals surface area contributed by atoms with E-state index in [2.05, 4.69) is 60.0 Å². The molecule has 0 bridgehead atoms. The van der Waals surface area contributed by atoms with E-state index >= 15 is 0 Å². The second-order valence-electron chi connectivity index (χ2n) is 6.89. The van der Waals surface area contributed by atoms with E-state index in [-0.39, 0.29) is 30.0 Å². The molecule has 3 rings (SSSR count). The molecule has 2 amide bonds. The van der Waals surface area contributed by atoms with Gasteiger partial charge >= 0.3 is 6.03 Å². The molecule has 0 unspecified atom stereocenters. The van der Waals surface area contributed by atoms with Gasteiger partial charge in [-0.3, -0.25) is 4.99 Å². The van der Waals surface area contributed by atoms with Gasteiger partial charge in [0.2, 0.25) is 0 Å². The van der Waals surface area contributed by atoms with Crippen LogP contribution in [-0.4, -0.2) is 49.1 Å². The number of carbonyl (C=O) groups is 1. The molecular weight excluding hydrogens is 465 g/mol. The number of halogens is 1. The van der Waals surface area contributed by atoms with Crippen molar-refractivity contribution in [2.24, 2.45) is 10.7 Å². The summed E-state index contributed by atoms with van der Waals surface area (Å²) < 4.78 is 0. The van der Waals surface area contributed by atoms with Gasteiger partial charge in [0.25, 0.3) is 0 Å². The maximum absolute atomic E-state index is 11.2. The Morgan fingerprint density at radius 2 is 1.89 bits per heavy atom. The number of piperidine rings is 1. The number of nitrogens with one attached hydrogen (secondary N) is 2. The van der Waals surface area contributed by atoms with Crippen molar-refractivity contribution in [3.8, 4) is 0 Å². The minimum atomic E-state index is -0.330. The molecule has 7 heteroatoms. The van der Waals surface area contributed by atoms with Crippen LogP contribution in [0.5, 0.6) is 0 Å². The predicted molar refractivity (Wildman–Crippen MR) is 126 cm³/mol. The Morgan fingerprint density at radius 1 is 1.18 bits per heavy atom. The molecule has 1 fully saturated rings. The molecule has 2 aromatic carbocycles. The highest BCUT2D eigenvalue weighted by Crippen LogP contribution is 2.18. The SMILES string of the molecule is CCNC(=NCCc1cccc2ccccc12)NC1CCN(C(N)=O)CC1.I. The molecule has 28 heavy (non-hydrogen) atoms. The van der Waals surface area contributed by atoms with E-state index in [4.69, 9.17) is 10.7 Å². The molecule has 0 aliphatic carbocycles. The van der Waals surface area contributed by atoms with Gasteiger partial charge in [0, 0.05) is 32.2 Å². The average Bonchev–Trinajstić information content (AvgIpc) is 2.69. The molecule has 0 aromatic heterocycles. The third-order valence-electron chi connectivity index (χ3n) is 5.02. The molecule has 0 spiro atoms. The summed E-state index contributed by atoms with van der Waals surface area (Å²) in [5.74, 6) is 0.843. The minimum absolute atomic E-state index is 0. The van der Waals surface area contributed by atoms with Crippen LogP contribution in [0.25, 0.3) is 10.8 Å². The second-order valence-corrected chi connectivity index (χ2v) is 6.89. The number of urea groups is 1. The first-order valence-electron chi connectivity index (χ1n) is 9.73. The van der Waals surface area contributed by atoms with Crippen molar-refractivity contribution in [3.05, 3.63) is 48.0 Å². The third kappa shape index (κ3) is 5.98. The maximum Gasteiger partial charge on any atom is 0.314 e. The number of hydrogen-bond acceptors (Lipinski definition) is 2. The molecular formula is C21H30IN5O. The molecule has 6 nitrogen and oxygen atoms in total. The average molecular weight is 495 g/mol. The van der Waals surface area contributed by atoms with Gasteiger partial charge < -0.3 is 21.3 Å². The summed E-state index contributed by atoms with van der Waals surface area (Å²) in [7, 11) is 0. The lowest BCUT2D eigenvalue weighted by Crippen LogP contribution is -2.50. The predicted octanol–water partition coefficient (Wildman–Crippen LogP) is 3.10. The molecule has 1 saturated heterocycles. The molecule has 0 radical (unpaired) electrons. The zero-order valence-electron chi connectivity index (χ0n) is 16.4. The summed E-state index contributed by atoms with van der Waals surface area (Å²) in [5.41, 5.74) is 6.67. The van der Waals surface area contributed by atoms with E-state index in [1.807, 2.05) is 0 Å². The first kappa shape index (κ1) is 22.3. The van der Waals surface area contributed by atoms with Gasteiger partial charge in [0.1, 0.15) is 0 Å². The van der Waals surface area contributed by atoms with Crippen molar-refractivity contribution in [1.29, 1.82) is 0 Å². The van der Waals surface area contributed by atoms with Crippen molar-refractivity contribution >= 4 is 46.7 Å². The largest absolute Gasteiger partial charge is 0.357 e. The number of nitrogens with zero attached hydrogens (tertiary/aromatic N) is 2. The van der Waals surface area contributed by atoms with Crippen LogP contribution in [0, 0.1) is 0 Å². The first-order valence-corrected chi connectivity index (χ1v) is 9.73. The Balaban J connectivity index is 0.00000280. The van der Waals surface area contributed by atoms with E-state index < -0.39 is 0 Å². The summed E-state index contributed by atoms with van der Waals surface area (Å²) in [5, 5.41) is 9.39. The first-order chi connectivity index (χ1) is 13.2. The van der Waals surface area contributed by atoms with Gasteiger partial charge in [-0.05, 0) is 42.5 Å². The molecule has 0 atom stereocenters. The minimum Gasteiger partial charge on any atom is -0.357 e. The van der Waals surface area contributed by atoms with E-state index in [1.54, 1.807) is 4.90 Å². The van der Waals surface area contributed by atoms with E-state index in [0.717, 1.165) is 38.3 Å². The molecule has 152 valence electrons. The van der Waals surface area contributed by atoms with Gasteiger partial charge in [-0.1, -0.05) is 42.5 Å². The third-order valence-corrected chi connectivity index (χ3v) is 5.02. The number of benzene rings is 2. The van der Waals surface area contributed by atoms with Crippen LogP contribution in [-0.2, 0) is 6.42 Å². The van der Waals surface area contributed by atoms with E-state index in [0.29, 0.717) is 19.1 Å². The fourth-order valence-corrected chi connectivity index (χ4v) is 3.56. The molecule has 1 heterocycles. The molecule has 4 N–H and O–H groups in total. The number of aliphatic imine (C=N–C) groups is 1. The lowest BCUT2D eigenvalue weighted by molar-refractivity contribution is 0.188. The van der Waals surface area contributed by atoms with Crippen LogP contribution in [0.15, 0.2) is 47.5 Å². The van der Waals surface area contributed by atoms with E-state index in [9.17, 15) is 4.79 Å². The van der Waals surface area contributed by atoms with Gasteiger partial charge in [-0.25, -0.2) is 4.79 Å². The number of guanidine groups is 1. The maximum atomic E-state index is 11.2. The number of fused-ring (bicyclic) bond motifs is 1. The number of nitrogens with two attached hydrogens (primary N) is 1. The normalized spacial score (nSPS) is 15.2. The summed E-state index contributed by atoms with van der Waals surface area (Å²) in [4.78, 5) is 17.7. The molecule has 2 aromatic rings. The Morgan fingerprint density at radius 3 is 2.61 bits per heavy atom. The number of carbonyl (C=O) groups excluding carboxylic acids is 1. The van der Waals surface area contributed by atoms with Crippen molar-refractivity contribution in [2.45, 2.75) is 32.2 Å². The summed E-state index contributed by atoms with van der Waals surface area (Å²) in [6.07, 6.45) is 2.67. The Hall–Kier alpha value is -2.03. The fourth-order valence-electron chi connectivity index (χ4n) is 3.56. The van der Waals surface area contributed by atoms with E-state index in [1.165, 1.54) is 16.3 Å². The monoisotopic (exact) mass is 495 g/mol. The quantitative estimate of drug-likeness (QED) is 0.339. The van der Waals surface area contributed by atoms with Crippen LogP contribution < -0.4 is 16.4 Å². The van der Waals surface area contributed by atoms with Crippen LogP contribution in [0.1, 0.15) is 25.3 Å². The highest BCUT2D eigenvalue weighted by Gasteiger charge is 2.21. The number of hydrogen-bond donors (Lipinski definition) is 3. The van der Waals surface area contributed by atoms with Crippen molar-refractivity contribution in [1.82, 2.24) is 15.5 Å². The van der Waals surface area contributed by atoms with Crippen LogP contribution in [0.4, 0.5) is 4.79 Å². The fraction of sp³-hybridized carbons (Fsp3) is 0.429. The zero-order valence-corrected chi connectivity index (χ0v) is 18.7. The van der Waals surface area contributed by atoms with Gasteiger partial charge in [-0.15, -0.1) is 24.0 Å². The van der Waals surface area contributed by atoms with Gasteiger partial charge in [-0.2, -0.15) is 0 Å². The van der Waals surface area contributed by atoms with Crippen LogP contribution in [0.3, 0.4) is 0 Å². The highest BCUT2D eigenvalue weighted by molar-refractivity contribution is 14.0. The highest BCUT2D eigenvalue weighted by atomic mass is 127. The molecule has 1 aliphatic rings. The summed E-state index contributed by atoms with van der Waals surface area (Å²) in [6.45, 7) is 5.01. The molecule has 0 saturated carbocycles. The number of amides is 2. The number of primary amides is 1. The Kier molecular flexibility index (Phi) is 8.82. The topological polar surface area (TPSA) is 82.8 Å². The lowest BCUT2D eigenvalue weighted by Gasteiger charge is -2.32. The standard InChI is InChI=1S/C21H29N5O.HI/c1-2-23-21(25-18-11-14-26(15-12-18)20(22)27)24-13-10-17-8-5-7-16-6-3-4-9-19(16)17;/h3-9,18H,2,10-15H2,1H3,(H2,22,27)(H2,23,24,25);1H. The van der Waals surface area contributed by atoms with Crippen molar-refractivity contribution in [2.75, 3.05) is 26.2 Å². The van der Waals surface area contributed by atoms with Crippen LogP contribution >= 0.6 is 24.0 Å². The zero-order chi connectivity index (χ0) is 19.1. The smallest absolute Gasteiger partial charge is 0.314 e. The molecule has 1 aliphatic heterocycles.